The highest BCUT2D eigenvalue weighted by atomic mass is 32.2. The van der Waals surface area contributed by atoms with Gasteiger partial charge >= 0.3 is 6.03 Å². The Bertz CT molecular complexity index is 654. The summed E-state index contributed by atoms with van der Waals surface area (Å²) in [4.78, 5) is 13.6. The zero-order valence-electron chi connectivity index (χ0n) is 12.7. The maximum absolute atomic E-state index is 13.1. The average Bonchev–Trinajstić information content (AvgIpc) is 2.43. The molecule has 0 bridgehead atoms. The molecule has 0 aromatic heterocycles. The number of nitrogens with zero attached hydrogens (tertiary/aromatic N) is 1. The van der Waals surface area contributed by atoms with Crippen LogP contribution in [-0.4, -0.2) is 44.7 Å². The molecule has 1 fully saturated rings. The number of piperidine rings is 1. The van der Waals surface area contributed by atoms with E-state index in [1.54, 1.807) is 4.90 Å². The fourth-order valence-electron chi connectivity index (χ4n) is 2.51. The van der Waals surface area contributed by atoms with E-state index in [4.69, 9.17) is 0 Å². The maximum Gasteiger partial charge on any atom is 0.317 e. The van der Waals surface area contributed by atoms with Crippen LogP contribution >= 0.6 is 0 Å². The predicted molar refractivity (Wildman–Crippen MR) is 81.2 cm³/mol. The van der Waals surface area contributed by atoms with E-state index >= 15 is 0 Å². The first kappa shape index (κ1) is 17.6. The summed E-state index contributed by atoms with van der Waals surface area (Å²) < 4.78 is 51.0. The predicted octanol–water partition coefficient (Wildman–Crippen LogP) is 1.19. The van der Waals surface area contributed by atoms with Crippen molar-refractivity contribution in [3.05, 3.63) is 35.4 Å². The number of carbonyl (C=O) groups is 1. The third-order valence-corrected chi connectivity index (χ3v) is 4.29. The average molecular weight is 347 g/mol. The number of hydrogen-bond donors (Lipinski definition) is 2. The van der Waals surface area contributed by atoms with Gasteiger partial charge in [0.1, 0.15) is 11.6 Å². The first-order valence-corrected chi connectivity index (χ1v) is 9.07. The van der Waals surface area contributed by atoms with E-state index in [1.165, 1.54) is 0 Å². The molecule has 1 aromatic carbocycles. The number of rotatable bonds is 4. The minimum Gasteiger partial charge on any atom is -0.334 e. The molecule has 0 unspecified atom stereocenters. The molecule has 0 radical (unpaired) electrons. The number of likely N-dealkylation sites (tertiary alicyclic amines) is 1. The Hall–Kier alpha value is -1.74. The van der Waals surface area contributed by atoms with E-state index in [1.807, 2.05) is 0 Å². The van der Waals surface area contributed by atoms with E-state index in [2.05, 4.69) is 10.0 Å². The Labute approximate surface area is 133 Å². The lowest BCUT2D eigenvalue weighted by atomic mass is 10.1. The highest BCUT2D eigenvalue weighted by Crippen LogP contribution is 2.12. The van der Waals surface area contributed by atoms with Crippen LogP contribution in [0.3, 0.4) is 0 Å². The van der Waals surface area contributed by atoms with Crippen LogP contribution in [0.5, 0.6) is 0 Å². The molecule has 2 N–H and O–H groups in total. The van der Waals surface area contributed by atoms with Gasteiger partial charge in [-0.2, -0.15) is 0 Å². The number of sulfonamides is 1. The molecule has 0 aliphatic carbocycles. The molecule has 128 valence electrons. The van der Waals surface area contributed by atoms with E-state index in [0.717, 1.165) is 24.5 Å². The topological polar surface area (TPSA) is 78.5 Å². The zero-order chi connectivity index (χ0) is 17.0. The van der Waals surface area contributed by atoms with Crippen molar-refractivity contribution in [2.75, 3.05) is 19.3 Å². The van der Waals surface area contributed by atoms with Crippen molar-refractivity contribution in [2.24, 2.45) is 0 Å². The number of hydrogen-bond acceptors (Lipinski definition) is 3. The van der Waals surface area contributed by atoms with Crippen molar-refractivity contribution in [3.63, 3.8) is 0 Å². The van der Waals surface area contributed by atoms with E-state index in [0.29, 0.717) is 31.5 Å². The van der Waals surface area contributed by atoms with Gasteiger partial charge < -0.3 is 10.2 Å². The fraction of sp³-hybridized carbons (Fsp3) is 0.500. The second-order valence-electron chi connectivity index (χ2n) is 5.59. The molecule has 1 heterocycles. The summed E-state index contributed by atoms with van der Waals surface area (Å²) in [5, 5.41) is 2.60. The SMILES string of the molecule is CS(=O)(=O)NC1CCN(C(=O)NCc2cc(F)cc(F)c2)CC1. The lowest BCUT2D eigenvalue weighted by Gasteiger charge is -2.32. The number of halogens is 2. The van der Waals surface area contributed by atoms with Gasteiger partial charge in [0, 0.05) is 31.7 Å². The van der Waals surface area contributed by atoms with Crippen LogP contribution in [-0.2, 0) is 16.6 Å². The Morgan fingerprint density at radius 2 is 1.78 bits per heavy atom. The van der Waals surface area contributed by atoms with Crippen LogP contribution in [0.2, 0.25) is 0 Å². The summed E-state index contributed by atoms with van der Waals surface area (Å²) >= 11 is 0. The number of carbonyl (C=O) groups excluding carboxylic acids is 1. The lowest BCUT2D eigenvalue weighted by Crippen LogP contribution is -2.49. The van der Waals surface area contributed by atoms with Crippen LogP contribution in [0, 0.1) is 11.6 Å². The Morgan fingerprint density at radius 1 is 1.22 bits per heavy atom. The van der Waals surface area contributed by atoms with Gasteiger partial charge in [-0.05, 0) is 30.5 Å². The first-order chi connectivity index (χ1) is 10.7. The summed E-state index contributed by atoms with van der Waals surface area (Å²) in [7, 11) is -3.26. The third kappa shape index (κ3) is 5.76. The molecular formula is C14H19F2N3O3S. The van der Waals surface area contributed by atoms with Crippen LogP contribution in [0.15, 0.2) is 18.2 Å². The molecule has 6 nitrogen and oxygen atoms in total. The van der Waals surface area contributed by atoms with Crippen LogP contribution in [0.1, 0.15) is 18.4 Å². The van der Waals surface area contributed by atoms with Crippen molar-refractivity contribution in [3.8, 4) is 0 Å². The molecule has 1 saturated heterocycles. The van der Waals surface area contributed by atoms with Crippen molar-refractivity contribution in [1.82, 2.24) is 14.9 Å². The third-order valence-electron chi connectivity index (χ3n) is 3.53. The van der Waals surface area contributed by atoms with Gasteiger partial charge in [-0.15, -0.1) is 0 Å². The smallest absolute Gasteiger partial charge is 0.317 e. The molecule has 1 aromatic rings. The van der Waals surface area contributed by atoms with Crippen molar-refractivity contribution in [1.29, 1.82) is 0 Å². The van der Waals surface area contributed by atoms with Gasteiger partial charge in [0.05, 0.1) is 6.26 Å². The highest BCUT2D eigenvalue weighted by molar-refractivity contribution is 7.88. The van der Waals surface area contributed by atoms with Gasteiger partial charge in [-0.25, -0.2) is 26.7 Å². The molecule has 9 heteroatoms. The summed E-state index contributed by atoms with van der Waals surface area (Å²) in [6, 6.07) is 2.57. The molecule has 1 aliphatic rings. The van der Waals surface area contributed by atoms with Gasteiger partial charge in [0.15, 0.2) is 0 Å². The molecule has 2 rings (SSSR count). The van der Waals surface area contributed by atoms with Crippen molar-refractivity contribution in [2.45, 2.75) is 25.4 Å². The molecular weight excluding hydrogens is 328 g/mol. The van der Waals surface area contributed by atoms with E-state index < -0.39 is 21.7 Å². The summed E-state index contributed by atoms with van der Waals surface area (Å²) in [5.74, 6) is -1.39. The van der Waals surface area contributed by atoms with Crippen molar-refractivity contribution < 1.29 is 22.0 Å². The largest absolute Gasteiger partial charge is 0.334 e. The van der Waals surface area contributed by atoms with Crippen LogP contribution in [0.25, 0.3) is 0 Å². The van der Waals surface area contributed by atoms with Crippen molar-refractivity contribution >= 4 is 16.1 Å². The number of urea groups is 1. The molecule has 0 atom stereocenters. The Balaban J connectivity index is 1.81. The second kappa shape index (κ2) is 7.22. The Morgan fingerprint density at radius 3 is 2.30 bits per heavy atom. The quantitative estimate of drug-likeness (QED) is 0.859. The van der Waals surface area contributed by atoms with Crippen LogP contribution < -0.4 is 10.0 Å². The molecule has 23 heavy (non-hydrogen) atoms. The molecule has 0 spiro atoms. The molecule has 0 saturated carbocycles. The normalized spacial score (nSPS) is 16.4. The highest BCUT2D eigenvalue weighted by Gasteiger charge is 2.24. The standard InChI is InChI=1S/C14H19F2N3O3S/c1-23(21,22)18-13-2-4-19(5-3-13)14(20)17-9-10-6-11(15)8-12(16)7-10/h6-8,13,18H,2-5,9H2,1H3,(H,17,20). The zero-order valence-corrected chi connectivity index (χ0v) is 13.5. The fourth-order valence-corrected chi connectivity index (χ4v) is 3.35. The van der Waals surface area contributed by atoms with Crippen LogP contribution in [0.4, 0.5) is 13.6 Å². The van der Waals surface area contributed by atoms with Gasteiger partial charge in [-0.1, -0.05) is 0 Å². The lowest BCUT2D eigenvalue weighted by molar-refractivity contribution is 0.179. The maximum atomic E-state index is 13.1. The molecule has 2 amide bonds. The Kier molecular flexibility index (Phi) is 5.53. The minimum absolute atomic E-state index is 0.0228. The second-order valence-corrected chi connectivity index (χ2v) is 7.37. The van der Waals surface area contributed by atoms with E-state index in [9.17, 15) is 22.0 Å². The number of nitrogens with one attached hydrogen (secondary N) is 2. The number of amides is 2. The van der Waals surface area contributed by atoms with Gasteiger partial charge in [-0.3, -0.25) is 0 Å². The summed E-state index contributed by atoms with van der Waals surface area (Å²) in [5.41, 5.74) is 0.337. The summed E-state index contributed by atoms with van der Waals surface area (Å²) in [6.07, 6.45) is 2.15. The summed E-state index contributed by atoms with van der Waals surface area (Å²) in [6.45, 7) is 0.849. The molecule has 1 aliphatic heterocycles. The van der Waals surface area contributed by atoms with Gasteiger partial charge in [0.2, 0.25) is 10.0 Å². The van der Waals surface area contributed by atoms with Gasteiger partial charge in [0.25, 0.3) is 0 Å². The first-order valence-electron chi connectivity index (χ1n) is 7.18. The monoisotopic (exact) mass is 347 g/mol. The number of benzene rings is 1. The van der Waals surface area contributed by atoms with E-state index in [-0.39, 0.29) is 18.6 Å². The minimum atomic E-state index is -3.26.